The number of amides is 1. The number of hydrogen-bond acceptors (Lipinski definition) is 3. The molecule has 0 bridgehead atoms. The molecule has 1 unspecified atom stereocenters. The summed E-state index contributed by atoms with van der Waals surface area (Å²) in [4.78, 5) is 14.4. The van der Waals surface area contributed by atoms with Crippen LogP contribution in [0.25, 0.3) is 0 Å². The molecule has 5 heteroatoms. The summed E-state index contributed by atoms with van der Waals surface area (Å²) in [6.45, 7) is 2.35. The summed E-state index contributed by atoms with van der Waals surface area (Å²) in [7, 11) is 1.80. The minimum absolute atomic E-state index is 0.0602. The number of benzene rings is 1. The average molecular weight is 271 g/mol. The molecule has 1 aromatic heterocycles. The van der Waals surface area contributed by atoms with Crippen molar-refractivity contribution in [2.75, 3.05) is 11.4 Å². The molecule has 1 atom stereocenters. The molecule has 3 rings (SSSR count). The number of aliphatic hydroxyl groups is 1. The van der Waals surface area contributed by atoms with E-state index >= 15 is 0 Å². The van der Waals surface area contributed by atoms with Crippen LogP contribution in [-0.4, -0.2) is 27.3 Å². The van der Waals surface area contributed by atoms with Crippen LogP contribution < -0.4 is 4.90 Å². The van der Waals surface area contributed by atoms with Crippen LogP contribution in [0, 0.1) is 6.92 Å². The predicted octanol–water partition coefficient (Wildman–Crippen LogP) is 1.81. The minimum Gasteiger partial charge on any atom is -0.388 e. The first kappa shape index (κ1) is 12.9. The first-order chi connectivity index (χ1) is 9.58. The van der Waals surface area contributed by atoms with Crippen molar-refractivity contribution in [1.29, 1.82) is 0 Å². The second-order valence-electron chi connectivity index (χ2n) is 5.12. The van der Waals surface area contributed by atoms with Crippen LogP contribution in [0.1, 0.15) is 34.1 Å². The fourth-order valence-corrected chi connectivity index (χ4v) is 2.71. The zero-order valence-corrected chi connectivity index (χ0v) is 11.6. The van der Waals surface area contributed by atoms with Gasteiger partial charge in [0.25, 0.3) is 5.91 Å². The Bertz CT molecular complexity index is 663. The van der Waals surface area contributed by atoms with Crippen molar-refractivity contribution in [3.8, 4) is 0 Å². The molecule has 5 nitrogen and oxygen atoms in total. The van der Waals surface area contributed by atoms with Crippen LogP contribution >= 0.6 is 0 Å². The number of carbonyl (C=O) groups is 1. The maximum atomic E-state index is 12.7. The Labute approximate surface area is 117 Å². The van der Waals surface area contributed by atoms with Gasteiger partial charge in [-0.25, -0.2) is 0 Å². The number of aryl methyl sites for hydroxylation is 2. The van der Waals surface area contributed by atoms with Crippen molar-refractivity contribution in [3.05, 3.63) is 47.3 Å². The van der Waals surface area contributed by atoms with E-state index in [4.69, 9.17) is 0 Å². The van der Waals surface area contributed by atoms with Gasteiger partial charge in [-0.3, -0.25) is 9.48 Å². The molecule has 104 valence electrons. The number of para-hydroxylation sites is 1. The molecule has 1 aliphatic rings. The number of aromatic nitrogens is 2. The normalized spacial score (nSPS) is 17.9. The molecule has 0 fully saturated rings. The fraction of sp³-hybridized carbons (Fsp3) is 0.333. The van der Waals surface area contributed by atoms with E-state index in [-0.39, 0.29) is 5.91 Å². The minimum atomic E-state index is -0.495. The standard InChI is InChI=1S/C15H17N3O2/c1-10-12(9-17(2)16-10)15(20)18-8-7-14(19)11-5-3-4-6-13(11)18/h3-6,9,14,19H,7-8H2,1-2H3. The van der Waals surface area contributed by atoms with E-state index in [0.717, 1.165) is 16.9 Å². The van der Waals surface area contributed by atoms with E-state index in [1.807, 2.05) is 31.2 Å². The van der Waals surface area contributed by atoms with E-state index < -0.39 is 6.10 Å². The third-order valence-electron chi connectivity index (χ3n) is 3.70. The largest absolute Gasteiger partial charge is 0.388 e. The molecule has 20 heavy (non-hydrogen) atoms. The van der Waals surface area contributed by atoms with E-state index in [1.54, 1.807) is 22.8 Å². The topological polar surface area (TPSA) is 58.4 Å². The number of carbonyl (C=O) groups excluding carboxylic acids is 1. The lowest BCUT2D eigenvalue weighted by Crippen LogP contribution is -2.36. The highest BCUT2D eigenvalue weighted by Gasteiger charge is 2.29. The molecule has 1 aromatic carbocycles. The summed E-state index contributed by atoms with van der Waals surface area (Å²) in [5.41, 5.74) is 2.94. The third-order valence-corrected chi connectivity index (χ3v) is 3.70. The fourth-order valence-electron chi connectivity index (χ4n) is 2.71. The summed E-state index contributed by atoms with van der Waals surface area (Å²) in [6.07, 6.45) is 1.80. The smallest absolute Gasteiger partial charge is 0.261 e. The number of rotatable bonds is 1. The van der Waals surface area contributed by atoms with Crippen LogP contribution in [0.2, 0.25) is 0 Å². The van der Waals surface area contributed by atoms with Crippen molar-refractivity contribution in [1.82, 2.24) is 9.78 Å². The number of anilines is 1. The Balaban J connectivity index is 2.01. The number of aliphatic hydroxyl groups excluding tert-OH is 1. The van der Waals surface area contributed by atoms with Gasteiger partial charge >= 0.3 is 0 Å². The van der Waals surface area contributed by atoms with E-state index in [9.17, 15) is 9.90 Å². The number of fused-ring (bicyclic) bond motifs is 1. The Kier molecular flexibility index (Phi) is 3.06. The Morgan fingerprint density at radius 3 is 2.85 bits per heavy atom. The van der Waals surface area contributed by atoms with Crippen molar-refractivity contribution in [2.24, 2.45) is 7.05 Å². The van der Waals surface area contributed by atoms with Crippen LogP contribution in [0.15, 0.2) is 30.5 Å². The molecule has 0 saturated heterocycles. The molecular weight excluding hydrogens is 254 g/mol. The summed E-state index contributed by atoms with van der Waals surface area (Å²) in [5.74, 6) is -0.0602. The maximum absolute atomic E-state index is 12.7. The SMILES string of the molecule is Cc1nn(C)cc1C(=O)N1CCC(O)c2ccccc21. The second-order valence-corrected chi connectivity index (χ2v) is 5.12. The Morgan fingerprint density at radius 1 is 1.40 bits per heavy atom. The van der Waals surface area contributed by atoms with Crippen LogP contribution in [0.4, 0.5) is 5.69 Å². The average Bonchev–Trinajstić information content (AvgIpc) is 2.78. The van der Waals surface area contributed by atoms with Gasteiger partial charge in [-0.05, 0) is 19.4 Å². The van der Waals surface area contributed by atoms with E-state index in [1.165, 1.54) is 0 Å². The van der Waals surface area contributed by atoms with Crippen molar-refractivity contribution < 1.29 is 9.90 Å². The van der Waals surface area contributed by atoms with Crippen molar-refractivity contribution in [2.45, 2.75) is 19.4 Å². The molecule has 2 heterocycles. The summed E-state index contributed by atoms with van der Waals surface area (Å²) < 4.78 is 1.65. The summed E-state index contributed by atoms with van der Waals surface area (Å²) >= 11 is 0. The quantitative estimate of drug-likeness (QED) is 0.860. The predicted molar refractivity (Wildman–Crippen MR) is 75.6 cm³/mol. The lowest BCUT2D eigenvalue weighted by molar-refractivity contribution is 0.0970. The lowest BCUT2D eigenvalue weighted by Gasteiger charge is -2.32. The lowest BCUT2D eigenvalue weighted by atomic mass is 9.98. The van der Waals surface area contributed by atoms with Crippen LogP contribution in [0.3, 0.4) is 0 Å². The number of hydrogen-bond donors (Lipinski definition) is 1. The highest BCUT2D eigenvalue weighted by Crippen LogP contribution is 2.34. The van der Waals surface area contributed by atoms with Gasteiger partial charge in [-0.15, -0.1) is 0 Å². The Morgan fingerprint density at radius 2 is 2.15 bits per heavy atom. The highest BCUT2D eigenvalue weighted by atomic mass is 16.3. The van der Waals surface area contributed by atoms with Gasteiger partial charge < -0.3 is 10.0 Å². The van der Waals surface area contributed by atoms with Gasteiger partial charge in [0.1, 0.15) is 0 Å². The van der Waals surface area contributed by atoms with E-state index in [0.29, 0.717) is 18.5 Å². The van der Waals surface area contributed by atoms with Gasteiger partial charge in [0, 0.05) is 31.0 Å². The number of nitrogens with zero attached hydrogens (tertiary/aromatic N) is 3. The molecule has 1 N–H and O–H groups in total. The molecule has 0 radical (unpaired) electrons. The van der Waals surface area contributed by atoms with Gasteiger partial charge in [0.2, 0.25) is 0 Å². The van der Waals surface area contributed by atoms with Gasteiger partial charge in [0.05, 0.1) is 17.4 Å². The van der Waals surface area contributed by atoms with Crippen molar-refractivity contribution in [3.63, 3.8) is 0 Å². The molecular formula is C15H17N3O2. The van der Waals surface area contributed by atoms with Crippen LogP contribution in [-0.2, 0) is 7.05 Å². The summed E-state index contributed by atoms with van der Waals surface area (Å²) in [6, 6.07) is 7.51. The zero-order chi connectivity index (χ0) is 14.3. The maximum Gasteiger partial charge on any atom is 0.261 e. The van der Waals surface area contributed by atoms with Crippen molar-refractivity contribution >= 4 is 11.6 Å². The Hall–Kier alpha value is -2.14. The first-order valence-corrected chi connectivity index (χ1v) is 6.67. The molecule has 0 saturated carbocycles. The van der Waals surface area contributed by atoms with Gasteiger partial charge in [0.15, 0.2) is 0 Å². The van der Waals surface area contributed by atoms with Gasteiger partial charge in [-0.1, -0.05) is 18.2 Å². The van der Waals surface area contributed by atoms with Crippen LogP contribution in [0.5, 0.6) is 0 Å². The second kappa shape index (κ2) is 4.76. The third kappa shape index (κ3) is 2.00. The highest BCUT2D eigenvalue weighted by molar-refractivity contribution is 6.07. The molecule has 0 aliphatic carbocycles. The summed E-state index contributed by atoms with van der Waals surface area (Å²) in [5, 5.41) is 14.3. The molecule has 1 aliphatic heterocycles. The first-order valence-electron chi connectivity index (χ1n) is 6.67. The molecule has 2 aromatic rings. The molecule has 1 amide bonds. The monoisotopic (exact) mass is 271 g/mol. The van der Waals surface area contributed by atoms with E-state index in [2.05, 4.69) is 5.10 Å². The zero-order valence-electron chi connectivity index (χ0n) is 11.6. The van der Waals surface area contributed by atoms with Gasteiger partial charge in [-0.2, -0.15) is 5.10 Å². The molecule has 0 spiro atoms.